The van der Waals surface area contributed by atoms with Gasteiger partial charge in [-0.3, -0.25) is 9.59 Å². The van der Waals surface area contributed by atoms with Gasteiger partial charge in [-0.05, 0) is 32.8 Å². The third-order valence-corrected chi connectivity index (χ3v) is 4.43. The molecule has 0 spiro atoms. The molecule has 2 amide bonds. The van der Waals surface area contributed by atoms with Gasteiger partial charge >= 0.3 is 0 Å². The van der Waals surface area contributed by atoms with Crippen molar-refractivity contribution < 1.29 is 14.1 Å². The number of carbonyl (C=O) groups excluding carboxylic acids is 2. The Kier molecular flexibility index (Phi) is 4.88. The van der Waals surface area contributed by atoms with Gasteiger partial charge in [0, 0.05) is 18.7 Å². The van der Waals surface area contributed by atoms with Crippen LogP contribution in [0.5, 0.6) is 0 Å². The number of hydrogen-bond acceptors (Lipinski definition) is 4. The van der Waals surface area contributed by atoms with Crippen LogP contribution in [0.3, 0.4) is 0 Å². The molecule has 0 aliphatic heterocycles. The van der Waals surface area contributed by atoms with Crippen molar-refractivity contribution in [1.82, 2.24) is 10.1 Å². The SMILES string of the molecule is Cc1cc(NC(=O)C2CC2C(=O)N(Cc2ccccc2)C(C)C)no1. The third kappa shape index (κ3) is 4.07. The van der Waals surface area contributed by atoms with E-state index >= 15 is 0 Å². The van der Waals surface area contributed by atoms with Crippen molar-refractivity contribution in [3.8, 4) is 0 Å². The fraction of sp³-hybridized carbons (Fsp3) is 0.421. The molecule has 2 atom stereocenters. The maximum atomic E-state index is 12.8. The summed E-state index contributed by atoms with van der Waals surface area (Å²) >= 11 is 0. The van der Waals surface area contributed by atoms with Crippen LogP contribution in [0, 0.1) is 18.8 Å². The molecule has 0 saturated heterocycles. The summed E-state index contributed by atoms with van der Waals surface area (Å²) in [6.45, 7) is 6.31. The summed E-state index contributed by atoms with van der Waals surface area (Å²) in [6.07, 6.45) is 0.583. The summed E-state index contributed by atoms with van der Waals surface area (Å²) in [7, 11) is 0. The number of aromatic nitrogens is 1. The van der Waals surface area contributed by atoms with Crippen LogP contribution in [0.4, 0.5) is 5.82 Å². The molecule has 6 nitrogen and oxygen atoms in total. The monoisotopic (exact) mass is 341 g/mol. The minimum Gasteiger partial charge on any atom is -0.360 e. The second kappa shape index (κ2) is 7.09. The Morgan fingerprint density at radius 2 is 2.00 bits per heavy atom. The maximum Gasteiger partial charge on any atom is 0.229 e. The first-order valence-electron chi connectivity index (χ1n) is 8.54. The van der Waals surface area contributed by atoms with E-state index in [1.807, 2.05) is 49.1 Å². The molecule has 1 fully saturated rings. The van der Waals surface area contributed by atoms with Crippen molar-refractivity contribution in [1.29, 1.82) is 0 Å². The molecule has 2 unspecified atom stereocenters. The van der Waals surface area contributed by atoms with Crippen LogP contribution >= 0.6 is 0 Å². The lowest BCUT2D eigenvalue weighted by Gasteiger charge is -2.27. The van der Waals surface area contributed by atoms with Crippen LogP contribution in [0.1, 0.15) is 31.6 Å². The molecule has 2 aromatic rings. The summed E-state index contributed by atoms with van der Waals surface area (Å²) in [5.41, 5.74) is 1.09. The maximum absolute atomic E-state index is 12.8. The lowest BCUT2D eigenvalue weighted by molar-refractivity contribution is -0.136. The fourth-order valence-electron chi connectivity index (χ4n) is 2.91. The van der Waals surface area contributed by atoms with Crippen molar-refractivity contribution in [2.24, 2.45) is 11.8 Å². The minimum atomic E-state index is -0.290. The van der Waals surface area contributed by atoms with Gasteiger partial charge in [-0.1, -0.05) is 35.5 Å². The fourth-order valence-corrected chi connectivity index (χ4v) is 2.91. The Balaban J connectivity index is 1.61. The first-order valence-corrected chi connectivity index (χ1v) is 8.54. The first kappa shape index (κ1) is 17.2. The summed E-state index contributed by atoms with van der Waals surface area (Å²) in [5, 5.41) is 6.47. The minimum absolute atomic E-state index is 0.0373. The Morgan fingerprint density at radius 3 is 2.60 bits per heavy atom. The zero-order chi connectivity index (χ0) is 18.0. The van der Waals surface area contributed by atoms with E-state index in [0.29, 0.717) is 24.5 Å². The molecule has 1 aromatic carbocycles. The van der Waals surface area contributed by atoms with Gasteiger partial charge < -0.3 is 14.7 Å². The molecule has 3 rings (SSSR count). The van der Waals surface area contributed by atoms with E-state index in [1.54, 1.807) is 13.0 Å². The number of rotatable bonds is 6. The third-order valence-electron chi connectivity index (χ3n) is 4.43. The Labute approximate surface area is 147 Å². The Morgan fingerprint density at radius 1 is 1.28 bits per heavy atom. The van der Waals surface area contributed by atoms with E-state index < -0.39 is 0 Å². The first-order chi connectivity index (χ1) is 12.0. The molecule has 1 aromatic heterocycles. The van der Waals surface area contributed by atoms with Crippen LogP contribution in [-0.2, 0) is 16.1 Å². The molecule has 25 heavy (non-hydrogen) atoms. The lowest BCUT2D eigenvalue weighted by atomic mass is 10.1. The largest absolute Gasteiger partial charge is 0.360 e. The van der Waals surface area contributed by atoms with Crippen LogP contribution in [0.25, 0.3) is 0 Å². The summed E-state index contributed by atoms with van der Waals surface area (Å²) in [5.74, 6) is 0.351. The molecule has 6 heteroatoms. The van der Waals surface area contributed by atoms with Crippen molar-refractivity contribution in [2.45, 2.75) is 39.8 Å². The van der Waals surface area contributed by atoms with Crippen molar-refractivity contribution in [2.75, 3.05) is 5.32 Å². The highest BCUT2D eigenvalue weighted by Crippen LogP contribution is 2.41. The van der Waals surface area contributed by atoms with E-state index in [0.717, 1.165) is 5.56 Å². The molecule has 132 valence electrons. The molecule has 1 aliphatic rings. The number of aryl methyl sites for hydroxylation is 1. The molecule has 1 N–H and O–H groups in total. The van der Waals surface area contributed by atoms with E-state index in [2.05, 4.69) is 10.5 Å². The van der Waals surface area contributed by atoms with E-state index in [9.17, 15) is 9.59 Å². The highest BCUT2D eigenvalue weighted by Gasteiger charge is 2.50. The number of amides is 2. The van der Waals surface area contributed by atoms with Gasteiger partial charge in [0.1, 0.15) is 5.76 Å². The van der Waals surface area contributed by atoms with Crippen LogP contribution in [0.15, 0.2) is 40.9 Å². The second-order valence-corrected chi connectivity index (χ2v) is 6.81. The van der Waals surface area contributed by atoms with Crippen LogP contribution < -0.4 is 5.32 Å². The molecule has 0 radical (unpaired) electrons. The van der Waals surface area contributed by atoms with Crippen LogP contribution in [-0.4, -0.2) is 27.9 Å². The predicted molar refractivity (Wildman–Crippen MR) is 93.6 cm³/mol. The Bertz CT molecular complexity index is 754. The molecule has 0 bridgehead atoms. The van der Waals surface area contributed by atoms with Gasteiger partial charge in [0.05, 0.1) is 11.8 Å². The molecular formula is C19H23N3O3. The number of hydrogen-bond donors (Lipinski definition) is 1. The number of nitrogens with one attached hydrogen (secondary N) is 1. The second-order valence-electron chi connectivity index (χ2n) is 6.81. The highest BCUT2D eigenvalue weighted by atomic mass is 16.5. The molecular weight excluding hydrogens is 318 g/mol. The normalized spacial score (nSPS) is 18.9. The Hall–Kier alpha value is -2.63. The molecule has 1 heterocycles. The van der Waals surface area contributed by atoms with Gasteiger partial charge in [0.15, 0.2) is 5.82 Å². The quantitative estimate of drug-likeness (QED) is 0.876. The standard InChI is InChI=1S/C19H23N3O3/c1-12(2)22(11-14-7-5-4-6-8-14)19(24)16-10-15(16)18(23)20-17-9-13(3)25-21-17/h4-9,12,15-16H,10-11H2,1-3H3,(H,20,21,23). The van der Waals surface area contributed by atoms with E-state index in [4.69, 9.17) is 4.52 Å². The summed E-state index contributed by atoms with van der Waals surface area (Å²) in [4.78, 5) is 27.0. The van der Waals surface area contributed by atoms with Crippen molar-refractivity contribution in [3.63, 3.8) is 0 Å². The smallest absolute Gasteiger partial charge is 0.229 e. The van der Waals surface area contributed by atoms with E-state index in [-0.39, 0.29) is 29.7 Å². The predicted octanol–water partition coefficient (Wildman–Crippen LogP) is 2.99. The highest BCUT2D eigenvalue weighted by molar-refractivity contribution is 5.99. The lowest BCUT2D eigenvalue weighted by Crippen LogP contribution is -2.38. The van der Waals surface area contributed by atoms with Crippen LogP contribution in [0.2, 0.25) is 0 Å². The van der Waals surface area contributed by atoms with Gasteiger partial charge in [-0.25, -0.2) is 0 Å². The average Bonchev–Trinajstić information content (AvgIpc) is 3.29. The van der Waals surface area contributed by atoms with Crippen molar-refractivity contribution in [3.05, 3.63) is 47.7 Å². The topological polar surface area (TPSA) is 75.4 Å². The number of benzene rings is 1. The zero-order valence-corrected chi connectivity index (χ0v) is 14.7. The number of carbonyl (C=O) groups is 2. The van der Waals surface area contributed by atoms with Gasteiger partial charge in [-0.2, -0.15) is 0 Å². The summed E-state index contributed by atoms with van der Waals surface area (Å²) < 4.78 is 4.94. The number of nitrogens with zero attached hydrogens (tertiary/aromatic N) is 2. The number of anilines is 1. The van der Waals surface area contributed by atoms with Gasteiger partial charge in [0.2, 0.25) is 11.8 Å². The zero-order valence-electron chi connectivity index (χ0n) is 14.7. The van der Waals surface area contributed by atoms with Gasteiger partial charge in [-0.15, -0.1) is 0 Å². The molecule has 1 aliphatic carbocycles. The van der Waals surface area contributed by atoms with E-state index in [1.165, 1.54) is 0 Å². The summed E-state index contributed by atoms with van der Waals surface area (Å²) in [6, 6.07) is 11.6. The van der Waals surface area contributed by atoms with Crippen molar-refractivity contribution >= 4 is 17.6 Å². The molecule has 1 saturated carbocycles. The average molecular weight is 341 g/mol. The van der Waals surface area contributed by atoms with Gasteiger partial charge in [0.25, 0.3) is 0 Å².